The van der Waals surface area contributed by atoms with Crippen molar-refractivity contribution in [2.24, 2.45) is 0 Å². The number of aryl methyl sites for hydroxylation is 1. The monoisotopic (exact) mass is 485 g/mol. The van der Waals surface area contributed by atoms with Gasteiger partial charge in [0.1, 0.15) is 11.6 Å². The molecule has 0 saturated carbocycles. The number of rotatable bonds is 5. The van der Waals surface area contributed by atoms with Gasteiger partial charge in [-0.1, -0.05) is 6.07 Å². The van der Waals surface area contributed by atoms with E-state index >= 15 is 0 Å². The zero-order chi connectivity index (χ0) is 21.7. The Hall–Kier alpha value is -2.29. The predicted molar refractivity (Wildman–Crippen MR) is 112 cm³/mol. The Labute approximate surface area is 182 Å². The lowest BCUT2D eigenvalue weighted by Crippen LogP contribution is -2.35. The lowest BCUT2D eigenvalue weighted by atomic mass is 10.1. The van der Waals surface area contributed by atoms with Crippen LogP contribution in [-0.4, -0.2) is 49.1 Å². The molecule has 0 unspecified atom stereocenters. The highest BCUT2D eigenvalue weighted by Gasteiger charge is 2.31. The van der Waals surface area contributed by atoms with Crippen molar-refractivity contribution in [1.82, 2.24) is 9.88 Å². The van der Waals surface area contributed by atoms with Gasteiger partial charge < -0.3 is 14.5 Å². The molecule has 5 nitrogen and oxygen atoms in total. The van der Waals surface area contributed by atoms with Crippen LogP contribution in [0.3, 0.4) is 0 Å². The van der Waals surface area contributed by atoms with Crippen molar-refractivity contribution in [2.45, 2.75) is 25.4 Å². The molecule has 30 heavy (non-hydrogen) atoms. The van der Waals surface area contributed by atoms with Gasteiger partial charge in [-0.15, -0.1) is 0 Å². The summed E-state index contributed by atoms with van der Waals surface area (Å²) in [6, 6.07) is 8.19. The molecule has 162 valence electrons. The van der Waals surface area contributed by atoms with Crippen LogP contribution in [0.4, 0.5) is 19.0 Å². The van der Waals surface area contributed by atoms with Crippen LogP contribution in [0, 0.1) is 0 Å². The fraction of sp³-hybridized carbons (Fsp3) is 0.429. The molecule has 1 aliphatic rings. The largest absolute Gasteiger partial charge is 0.496 e. The number of carbonyl (C=O) groups is 1. The zero-order valence-electron chi connectivity index (χ0n) is 16.6. The lowest BCUT2D eigenvalue weighted by Gasteiger charge is -2.23. The number of halogens is 4. The van der Waals surface area contributed by atoms with Gasteiger partial charge in [0.15, 0.2) is 0 Å². The van der Waals surface area contributed by atoms with Crippen molar-refractivity contribution in [2.75, 3.05) is 38.2 Å². The number of benzene rings is 1. The number of anilines is 1. The number of hydrogen-bond donors (Lipinski definition) is 0. The van der Waals surface area contributed by atoms with Gasteiger partial charge in [-0.3, -0.25) is 4.79 Å². The second-order valence-corrected chi connectivity index (χ2v) is 7.95. The molecule has 1 fully saturated rings. The van der Waals surface area contributed by atoms with Crippen LogP contribution >= 0.6 is 15.9 Å². The van der Waals surface area contributed by atoms with Crippen LogP contribution in [0.1, 0.15) is 24.0 Å². The van der Waals surface area contributed by atoms with Gasteiger partial charge in [-0.25, -0.2) is 4.98 Å². The molecule has 1 saturated heterocycles. The third-order valence-corrected chi connectivity index (χ3v) is 5.71. The second-order valence-electron chi connectivity index (χ2n) is 7.09. The zero-order valence-corrected chi connectivity index (χ0v) is 18.2. The summed E-state index contributed by atoms with van der Waals surface area (Å²) in [5, 5.41) is 0. The third kappa shape index (κ3) is 5.65. The summed E-state index contributed by atoms with van der Waals surface area (Å²) < 4.78 is 44.2. The summed E-state index contributed by atoms with van der Waals surface area (Å²) in [5.74, 6) is 1.32. The summed E-state index contributed by atoms with van der Waals surface area (Å²) in [4.78, 5) is 20.4. The van der Waals surface area contributed by atoms with Crippen LogP contribution in [0.2, 0.25) is 0 Å². The topological polar surface area (TPSA) is 45.7 Å². The Morgan fingerprint density at radius 2 is 1.97 bits per heavy atom. The van der Waals surface area contributed by atoms with Gasteiger partial charge in [0.05, 0.1) is 17.1 Å². The van der Waals surface area contributed by atoms with E-state index in [9.17, 15) is 18.0 Å². The van der Waals surface area contributed by atoms with E-state index in [-0.39, 0.29) is 5.91 Å². The molecule has 1 aromatic heterocycles. The van der Waals surface area contributed by atoms with Crippen molar-refractivity contribution in [3.05, 3.63) is 52.1 Å². The summed E-state index contributed by atoms with van der Waals surface area (Å²) in [5.41, 5.74) is 0.282. The first-order valence-corrected chi connectivity index (χ1v) is 10.5. The molecule has 1 amide bonds. The lowest BCUT2D eigenvalue weighted by molar-refractivity contribution is -0.137. The highest BCUT2D eigenvalue weighted by Crippen LogP contribution is 2.29. The molecule has 9 heteroatoms. The number of carbonyl (C=O) groups excluding carboxylic acids is 1. The molecule has 0 aliphatic carbocycles. The van der Waals surface area contributed by atoms with E-state index in [1.807, 2.05) is 28.0 Å². The quantitative estimate of drug-likeness (QED) is 0.623. The van der Waals surface area contributed by atoms with Crippen LogP contribution in [0.25, 0.3) is 0 Å². The average molecular weight is 486 g/mol. The number of alkyl halides is 3. The second kappa shape index (κ2) is 9.68. The van der Waals surface area contributed by atoms with Crippen molar-refractivity contribution in [3.8, 4) is 5.75 Å². The van der Waals surface area contributed by atoms with E-state index in [0.29, 0.717) is 44.8 Å². The normalized spacial score (nSPS) is 15.1. The van der Waals surface area contributed by atoms with E-state index in [0.717, 1.165) is 34.5 Å². The van der Waals surface area contributed by atoms with E-state index in [2.05, 4.69) is 20.9 Å². The van der Waals surface area contributed by atoms with Gasteiger partial charge in [0.2, 0.25) is 5.91 Å². The fourth-order valence-electron chi connectivity index (χ4n) is 3.41. The molecule has 1 aliphatic heterocycles. The molecule has 1 aromatic carbocycles. The highest BCUT2D eigenvalue weighted by molar-refractivity contribution is 9.10. The standard InChI is InChI=1S/C21H23BrF3N3O2/c1-30-18-6-3-15(13-17(18)22)4-8-20(29)28-10-2-9-27(11-12-28)19-7-5-16(14-26-19)21(23,24)25/h3,5-7,13-14H,2,4,8-12H2,1H3. The van der Waals surface area contributed by atoms with E-state index in [4.69, 9.17) is 4.74 Å². The number of pyridine rings is 1. The predicted octanol–water partition coefficient (Wildman–Crippen LogP) is 4.54. The molecule has 0 spiro atoms. The maximum Gasteiger partial charge on any atom is 0.417 e. The first kappa shape index (κ1) is 22.4. The van der Waals surface area contributed by atoms with Crippen LogP contribution < -0.4 is 9.64 Å². The summed E-state index contributed by atoms with van der Waals surface area (Å²) in [6.07, 6.45) is -1.77. The van der Waals surface area contributed by atoms with E-state index < -0.39 is 11.7 Å². The minimum absolute atomic E-state index is 0.0733. The Morgan fingerprint density at radius 1 is 1.17 bits per heavy atom. The van der Waals surface area contributed by atoms with Crippen LogP contribution in [-0.2, 0) is 17.4 Å². The molecule has 0 N–H and O–H groups in total. The molecular formula is C21H23BrF3N3O2. The van der Waals surface area contributed by atoms with Gasteiger partial charge >= 0.3 is 6.18 Å². The molecular weight excluding hydrogens is 463 g/mol. The first-order valence-electron chi connectivity index (χ1n) is 9.66. The summed E-state index contributed by atoms with van der Waals surface area (Å²) in [6.45, 7) is 2.34. The number of aromatic nitrogens is 1. The van der Waals surface area contributed by atoms with E-state index in [1.165, 1.54) is 6.07 Å². The van der Waals surface area contributed by atoms with Crippen molar-refractivity contribution >= 4 is 27.7 Å². The molecule has 0 atom stereocenters. The summed E-state index contributed by atoms with van der Waals surface area (Å²) >= 11 is 3.45. The fourth-order valence-corrected chi connectivity index (χ4v) is 4.00. The third-order valence-electron chi connectivity index (χ3n) is 5.09. The Morgan fingerprint density at radius 3 is 2.60 bits per heavy atom. The molecule has 2 aromatic rings. The van der Waals surface area contributed by atoms with Gasteiger partial charge in [0, 0.05) is 38.8 Å². The Bertz CT molecular complexity index is 875. The summed E-state index contributed by atoms with van der Waals surface area (Å²) in [7, 11) is 1.60. The Balaban J connectivity index is 1.54. The van der Waals surface area contributed by atoms with Gasteiger partial charge in [-0.05, 0) is 58.6 Å². The minimum atomic E-state index is -4.40. The van der Waals surface area contributed by atoms with E-state index in [1.54, 1.807) is 7.11 Å². The SMILES string of the molecule is COc1ccc(CCC(=O)N2CCCN(c3ccc(C(F)(F)F)cn3)CC2)cc1Br. The number of nitrogens with zero attached hydrogens (tertiary/aromatic N) is 3. The van der Waals surface area contributed by atoms with Crippen LogP contribution in [0.15, 0.2) is 41.0 Å². The first-order chi connectivity index (χ1) is 14.3. The average Bonchev–Trinajstić information content (AvgIpc) is 2.98. The minimum Gasteiger partial charge on any atom is -0.496 e. The van der Waals surface area contributed by atoms with Gasteiger partial charge in [0.25, 0.3) is 0 Å². The highest BCUT2D eigenvalue weighted by atomic mass is 79.9. The number of ether oxygens (including phenoxy) is 1. The maximum absolute atomic E-state index is 12.7. The number of amides is 1. The van der Waals surface area contributed by atoms with Gasteiger partial charge in [-0.2, -0.15) is 13.2 Å². The molecule has 0 bridgehead atoms. The van der Waals surface area contributed by atoms with Crippen molar-refractivity contribution in [3.63, 3.8) is 0 Å². The molecule has 3 rings (SSSR count). The maximum atomic E-state index is 12.7. The number of hydrogen-bond acceptors (Lipinski definition) is 4. The molecule has 2 heterocycles. The molecule has 0 radical (unpaired) electrons. The van der Waals surface area contributed by atoms with Crippen molar-refractivity contribution < 1.29 is 22.7 Å². The number of methoxy groups -OCH3 is 1. The van der Waals surface area contributed by atoms with Crippen LogP contribution in [0.5, 0.6) is 5.75 Å². The Kier molecular flexibility index (Phi) is 7.23. The van der Waals surface area contributed by atoms with Crippen molar-refractivity contribution in [1.29, 1.82) is 0 Å². The smallest absolute Gasteiger partial charge is 0.417 e.